The van der Waals surface area contributed by atoms with Crippen molar-refractivity contribution in [3.63, 3.8) is 0 Å². The van der Waals surface area contributed by atoms with Crippen LogP contribution in [0, 0.1) is 80.6 Å². The number of nitrogens with two attached hydrogens (primary N) is 2. The molecule has 0 amide bonds. The molecule has 3 aliphatic rings. The average molecular weight is 2150 g/mol. The normalized spacial score (nSPS) is 13.3. The molecule has 48 heteroatoms. The maximum absolute atomic E-state index is 13.4. The van der Waals surface area contributed by atoms with E-state index in [0.29, 0.717) is 37.0 Å². The number of esters is 2. The Morgan fingerprint density at radius 1 is 0.440 bits per heavy atom. The maximum atomic E-state index is 13.4. The van der Waals surface area contributed by atoms with Crippen LogP contribution in [0.2, 0.25) is 0 Å². The van der Waals surface area contributed by atoms with Gasteiger partial charge in [-0.2, -0.15) is 5.26 Å². The summed E-state index contributed by atoms with van der Waals surface area (Å²) < 4.78 is 253. The summed E-state index contributed by atoms with van der Waals surface area (Å²) in [6.45, 7) is 30.7. The molecule has 29 nitrogen and oxygen atoms in total. The zero-order valence-electron chi connectivity index (χ0n) is 78.6. The second-order valence-electron chi connectivity index (χ2n) is 30.8. The van der Waals surface area contributed by atoms with Gasteiger partial charge in [0, 0.05) is 92.5 Å². The Morgan fingerprint density at radius 2 is 0.752 bits per heavy atom. The first-order valence-corrected chi connectivity index (χ1v) is 52.1. The molecule has 11 aromatic rings. The third-order valence-corrected chi connectivity index (χ3v) is 30.0. The van der Waals surface area contributed by atoms with Crippen LogP contribution in [0.1, 0.15) is 112 Å². The number of morpholine rings is 3. The fourth-order valence-electron chi connectivity index (χ4n) is 14.6. The molecule has 3 aliphatic heterocycles. The van der Waals surface area contributed by atoms with Crippen molar-refractivity contribution in [3.8, 4) is 23.3 Å². The molecule has 0 bridgehead atoms. The first-order valence-electron chi connectivity index (χ1n) is 41.9. The van der Waals surface area contributed by atoms with Gasteiger partial charge in [-0.15, -0.1) is 90.5 Å². The van der Waals surface area contributed by atoms with Gasteiger partial charge in [0.05, 0.1) is 106 Å². The van der Waals surface area contributed by atoms with Gasteiger partial charge in [-0.3, -0.25) is 19.0 Å². The van der Waals surface area contributed by atoms with E-state index in [1.165, 1.54) is 83.5 Å². The molecule has 3 fully saturated rings. The van der Waals surface area contributed by atoms with E-state index in [9.17, 15) is 92.4 Å². The molecule has 7 heterocycles. The van der Waals surface area contributed by atoms with Crippen molar-refractivity contribution in [2.24, 2.45) is 0 Å². The number of rotatable bonds is 24. The summed E-state index contributed by atoms with van der Waals surface area (Å²) in [5.41, 5.74) is 29.2. The second-order valence-corrected chi connectivity index (χ2v) is 42.0. The van der Waals surface area contributed by atoms with Crippen molar-refractivity contribution in [1.29, 1.82) is 5.26 Å². The number of Topliss-reactive ketones (excluding diaryl/α,β-unsaturated/α-hetero) is 2. The number of sulfonamides is 3. The van der Waals surface area contributed by atoms with E-state index in [-0.39, 0.29) is 111 Å². The Kier molecular flexibility index (Phi) is 43.2. The van der Waals surface area contributed by atoms with Gasteiger partial charge >= 0.3 is 60.6 Å². The first kappa shape index (κ1) is 117. The molecule has 4 aromatic heterocycles. The first-order chi connectivity index (χ1) is 65.6. The van der Waals surface area contributed by atoms with Gasteiger partial charge in [-0.1, -0.05) is 42.0 Å². The molecular formula is C93H100ClF9N9NaO20S8. The van der Waals surface area contributed by atoms with Gasteiger partial charge in [0.1, 0.15) is 37.0 Å². The summed E-state index contributed by atoms with van der Waals surface area (Å²) in [7, 11) is -8.53. The van der Waals surface area contributed by atoms with Crippen molar-refractivity contribution in [3.05, 3.63) is 252 Å². The Morgan fingerprint density at radius 3 is 1.11 bits per heavy atom. The van der Waals surface area contributed by atoms with E-state index >= 15 is 0 Å². The minimum atomic E-state index is -4.90. The van der Waals surface area contributed by atoms with Crippen molar-refractivity contribution in [2.75, 3.05) is 129 Å². The van der Waals surface area contributed by atoms with Crippen LogP contribution in [0.3, 0.4) is 0 Å². The Labute approximate surface area is 854 Å². The van der Waals surface area contributed by atoms with Crippen LogP contribution < -0.4 is 79.4 Å². The predicted octanol–water partition coefficient (Wildman–Crippen LogP) is 17.7. The monoisotopic (exact) mass is 2150 g/mol. The topological polar surface area (TPSA) is 402 Å². The van der Waals surface area contributed by atoms with Crippen LogP contribution in [0.4, 0.5) is 85.0 Å². The molecule has 3 saturated heterocycles. The van der Waals surface area contributed by atoms with Crippen LogP contribution in [0.15, 0.2) is 181 Å². The standard InChI is InChI=1S/2C26H27F3N2O5S2.C13H10F3NO5S2.C13H20N2O.C7H7ClO2S.C6H7NO2S.C2H3N.Na/c2*1-16-14-17(2)24(31-9-11-35-12-10-31)18(3)21(16)15-23(32)25-22(8-13-37-25)30-38(33,34)20-6-4-19(5-7-20)36-26(27,28)29;1-21-12(18)11-10(6-7-23-11)17-24(19,20)9-4-2-8(3-5-9)22-13(14,15)16;1-9-8-10(2)13(11(3)12(9)14)15-4-6-16-7-5-15;1-6-2-4-7(5-3-6)11(8,9)10;1-9-6(8)5-4(7)2-3-10-5;1-2-3;/h4-8,13-14H,9-12,15H2,1-3H3,(H,30,32);4-8,13-14,30H,9-12,15H2,1-3H3;2-7,17H,1H3;8H,4-7,14H2,1-3H3;2-5H,1H3;2-3H,7H2,1H3;1H3;/q;;;;;;;+1/p-1. The molecule has 6 N–H and O–H groups in total. The molecule has 0 spiro atoms. The molecule has 0 aliphatic carbocycles. The van der Waals surface area contributed by atoms with Crippen LogP contribution in [-0.2, 0) is 75.6 Å². The number of carbonyl (C=O) groups is 4. The van der Waals surface area contributed by atoms with Gasteiger partial charge in [-0.25, -0.2) is 43.3 Å². The summed E-state index contributed by atoms with van der Waals surface area (Å²) in [5, 5.41) is 13.8. The van der Waals surface area contributed by atoms with Gasteiger partial charge < -0.3 is 68.8 Å². The minimum absolute atomic E-state index is 0. The molecule has 756 valence electrons. The van der Waals surface area contributed by atoms with Crippen LogP contribution in [0.25, 0.3) is 4.72 Å². The Balaban J connectivity index is 0.000000243. The minimum Gasteiger partial charge on any atom is -0.571 e. The van der Waals surface area contributed by atoms with Gasteiger partial charge in [0.2, 0.25) is 0 Å². The average Bonchev–Trinajstić information content (AvgIpc) is 1.77. The smallest absolute Gasteiger partial charge is 0.571 e. The number of ketones is 2. The number of nitrogens with zero attached hydrogens (tertiary/aromatic N) is 5. The zero-order chi connectivity index (χ0) is 104. The number of methoxy groups -OCH3 is 2. The van der Waals surface area contributed by atoms with Crippen molar-refractivity contribution in [2.45, 2.75) is 128 Å². The summed E-state index contributed by atoms with van der Waals surface area (Å²) in [6.07, 6.45) is -14.5. The molecule has 141 heavy (non-hydrogen) atoms. The van der Waals surface area contributed by atoms with Crippen LogP contribution in [0.5, 0.6) is 17.2 Å². The van der Waals surface area contributed by atoms with Gasteiger partial charge in [0.25, 0.3) is 29.1 Å². The molecular weight excluding hydrogens is 2050 g/mol. The number of ether oxygens (including phenoxy) is 8. The Bertz CT molecular complexity index is 6450. The van der Waals surface area contributed by atoms with E-state index in [2.05, 4.69) is 91.5 Å². The number of thiophene rings is 4. The molecule has 0 saturated carbocycles. The summed E-state index contributed by atoms with van der Waals surface area (Å²) in [4.78, 5) is 56.2. The van der Waals surface area contributed by atoms with Gasteiger partial charge in [0.15, 0.2) is 11.6 Å². The number of nitriles is 1. The number of hydrogen-bond acceptors (Lipinski definition) is 30. The summed E-state index contributed by atoms with van der Waals surface area (Å²) in [6, 6.07) is 31.6. The van der Waals surface area contributed by atoms with Crippen LogP contribution >= 0.6 is 56.0 Å². The van der Waals surface area contributed by atoms with Crippen molar-refractivity contribution in [1.82, 2.24) is 0 Å². The number of anilines is 7. The fourth-order valence-corrected chi connectivity index (χ4v) is 21.8. The van der Waals surface area contributed by atoms with E-state index < -0.39 is 81.4 Å². The second kappa shape index (κ2) is 52.0. The SMILES string of the molecule is CC#N.COC(=O)c1sccc1N.COC(=O)c1sccc1NS(=O)(=O)c1ccc(OC(F)(F)F)cc1.Cc1cc(C)c(N2CCOCC2)c(C)c1CC(=O)c1sccc1NS(=O)(=O)c1ccc(OC(F)(F)F)cc1.Cc1cc(C)c(N2CCOCC2)c(C)c1CC(=O)c1sccc1[N-]S(=O)(=O)c1ccc(OC(F)(F)F)cc1.Cc1cc(C)c(N2CCOCC2)c(C)c1N.Cc1ccc(S(=O)(=O)Cl)cc1.[Na+]. The van der Waals surface area contributed by atoms with Gasteiger partial charge in [-0.05, 0) is 255 Å². The van der Waals surface area contributed by atoms with E-state index in [1.54, 1.807) is 40.4 Å². The summed E-state index contributed by atoms with van der Waals surface area (Å²) in [5.74, 6) is -3.23. The molecule has 0 atom stereocenters. The third-order valence-electron chi connectivity index (χ3n) is 20.8. The summed E-state index contributed by atoms with van der Waals surface area (Å²) >= 11 is 4.47. The van der Waals surface area contributed by atoms with Crippen molar-refractivity contribution < 1.29 is 160 Å². The fraction of sp³-hybridized carbons (Fsp3) is 0.323. The third kappa shape index (κ3) is 34.2. The van der Waals surface area contributed by atoms with E-state index in [1.807, 2.05) is 48.5 Å². The quantitative estimate of drug-likeness (QED) is 0.0109. The maximum Gasteiger partial charge on any atom is 1.00 e. The zero-order valence-corrected chi connectivity index (χ0v) is 87.9. The van der Waals surface area contributed by atoms with Crippen LogP contribution in [-0.4, -0.2) is 169 Å². The Hall–Kier alpha value is -10.8. The number of nitrogen functional groups attached to an aromatic ring is 2. The molecule has 0 radical (unpaired) electrons. The number of alkyl halides is 9. The number of carbonyl (C=O) groups excluding carboxylic acids is 4. The number of nitrogens with one attached hydrogen (secondary N) is 2. The van der Waals surface area contributed by atoms with E-state index in [0.717, 1.165) is 234 Å². The molecule has 7 aromatic carbocycles. The number of benzene rings is 7. The number of aryl methyl sites for hydroxylation is 7. The van der Waals surface area contributed by atoms with Crippen molar-refractivity contribution >= 4 is 164 Å². The largest absolute Gasteiger partial charge is 1.00 e. The molecule has 0 unspecified atom stereocenters. The number of hydrogen-bond donors (Lipinski definition) is 4. The predicted molar refractivity (Wildman–Crippen MR) is 523 cm³/mol. The molecule has 14 rings (SSSR count). The van der Waals surface area contributed by atoms with E-state index in [4.69, 9.17) is 41.6 Å². The number of halogens is 10.